The molecule has 0 saturated heterocycles. The monoisotopic (exact) mass is 502 g/mol. The zero-order chi connectivity index (χ0) is 25.9. The first-order chi connectivity index (χ1) is 17.7. The Balaban J connectivity index is 1.71. The highest BCUT2D eigenvalue weighted by molar-refractivity contribution is 5.69. The van der Waals surface area contributed by atoms with Gasteiger partial charge in [-0.1, -0.05) is 147 Å². The van der Waals surface area contributed by atoms with Crippen molar-refractivity contribution in [2.24, 2.45) is 0 Å². The van der Waals surface area contributed by atoms with Gasteiger partial charge < -0.3 is 9.84 Å². The molecule has 1 N–H and O–H groups in total. The van der Waals surface area contributed by atoms with E-state index in [0.717, 1.165) is 31.2 Å². The second kappa shape index (κ2) is 25.2. The Labute approximate surface area is 223 Å². The number of phenolic OH excluding ortho intramolecular Hbond substituents is 1. The minimum atomic E-state index is -0.0569. The zero-order valence-corrected chi connectivity index (χ0v) is 23.8. The van der Waals surface area contributed by atoms with Crippen LogP contribution in [0.15, 0.2) is 24.3 Å². The van der Waals surface area contributed by atoms with E-state index in [4.69, 9.17) is 4.74 Å². The first-order valence-corrected chi connectivity index (χ1v) is 15.7. The van der Waals surface area contributed by atoms with E-state index >= 15 is 0 Å². The van der Waals surface area contributed by atoms with Gasteiger partial charge in [-0.3, -0.25) is 4.79 Å². The van der Waals surface area contributed by atoms with Crippen molar-refractivity contribution in [3.63, 3.8) is 0 Å². The number of ether oxygens (including phenoxy) is 1. The van der Waals surface area contributed by atoms with Crippen LogP contribution in [0.5, 0.6) is 5.75 Å². The van der Waals surface area contributed by atoms with Crippen LogP contribution in [-0.4, -0.2) is 17.7 Å². The van der Waals surface area contributed by atoms with Gasteiger partial charge in [-0.15, -0.1) is 0 Å². The molecule has 1 aromatic rings. The molecule has 0 fully saturated rings. The van der Waals surface area contributed by atoms with Crippen molar-refractivity contribution in [1.29, 1.82) is 0 Å². The summed E-state index contributed by atoms with van der Waals surface area (Å²) in [7, 11) is 0. The van der Waals surface area contributed by atoms with Crippen LogP contribution < -0.4 is 0 Å². The van der Waals surface area contributed by atoms with E-state index in [1.807, 2.05) is 12.1 Å². The highest BCUT2D eigenvalue weighted by Crippen LogP contribution is 2.15. The largest absolute Gasteiger partial charge is 0.508 e. The molecule has 0 saturated carbocycles. The Hall–Kier alpha value is -1.51. The Morgan fingerprint density at radius 2 is 0.972 bits per heavy atom. The molecule has 36 heavy (non-hydrogen) atoms. The van der Waals surface area contributed by atoms with Crippen molar-refractivity contribution < 1.29 is 14.6 Å². The van der Waals surface area contributed by atoms with Gasteiger partial charge >= 0.3 is 5.97 Å². The normalized spacial score (nSPS) is 11.1. The van der Waals surface area contributed by atoms with Crippen LogP contribution in [0.1, 0.15) is 160 Å². The third kappa shape index (κ3) is 21.7. The molecule has 0 spiro atoms. The van der Waals surface area contributed by atoms with Crippen LogP contribution in [0.25, 0.3) is 0 Å². The van der Waals surface area contributed by atoms with Gasteiger partial charge in [0.25, 0.3) is 0 Å². The third-order valence-electron chi connectivity index (χ3n) is 7.29. The summed E-state index contributed by atoms with van der Waals surface area (Å²) >= 11 is 0. The summed E-state index contributed by atoms with van der Waals surface area (Å²) in [4.78, 5) is 11.8. The summed E-state index contributed by atoms with van der Waals surface area (Å²) in [5.74, 6) is 0.230. The minimum Gasteiger partial charge on any atom is -0.508 e. The maximum absolute atomic E-state index is 11.8. The summed E-state index contributed by atoms with van der Waals surface area (Å²) < 4.78 is 5.34. The van der Waals surface area contributed by atoms with E-state index in [-0.39, 0.29) is 11.7 Å². The molecule has 0 aliphatic rings. The second-order valence-corrected chi connectivity index (χ2v) is 10.8. The number of aromatic hydroxyl groups is 1. The Bertz CT molecular complexity index is 595. The molecular formula is C33H58O3. The van der Waals surface area contributed by atoms with Crippen LogP contribution >= 0.6 is 0 Å². The molecule has 0 heterocycles. The lowest BCUT2D eigenvalue weighted by Gasteiger charge is -2.06. The summed E-state index contributed by atoms with van der Waals surface area (Å²) in [6, 6.07) is 7.22. The average molecular weight is 503 g/mol. The van der Waals surface area contributed by atoms with Crippen LogP contribution in [0.2, 0.25) is 0 Å². The van der Waals surface area contributed by atoms with E-state index in [9.17, 15) is 9.90 Å². The van der Waals surface area contributed by atoms with E-state index in [0.29, 0.717) is 13.0 Å². The van der Waals surface area contributed by atoms with E-state index in [1.54, 1.807) is 12.1 Å². The molecule has 0 aliphatic carbocycles. The van der Waals surface area contributed by atoms with Crippen LogP contribution in [-0.2, 0) is 16.0 Å². The van der Waals surface area contributed by atoms with Crippen molar-refractivity contribution >= 4 is 5.97 Å². The predicted octanol–water partition coefficient (Wildman–Crippen LogP) is 10.5. The number of phenols is 1. The maximum atomic E-state index is 11.8. The molecule has 1 rings (SSSR count). The minimum absolute atomic E-state index is 0.0569. The number of hydrogen-bond acceptors (Lipinski definition) is 3. The van der Waals surface area contributed by atoms with Crippen LogP contribution in [0.3, 0.4) is 0 Å². The highest BCUT2D eigenvalue weighted by atomic mass is 16.5. The number of hydrogen-bond donors (Lipinski definition) is 1. The van der Waals surface area contributed by atoms with E-state index in [1.165, 1.54) is 122 Å². The summed E-state index contributed by atoms with van der Waals surface area (Å²) in [5.41, 5.74) is 1.16. The molecule has 0 amide bonds. The van der Waals surface area contributed by atoms with Gasteiger partial charge in [0.2, 0.25) is 0 Å². The quantitative estimate of drug-likeness (QED) is 0.101. The Kier molecular flexibility index (Phi) is 22.7. The van der Waals surface area contributed by atoms with Crippen molar-refractivity contribution in [2.75, 3.05) is 6.61 Å². The summed E-state index contributed by atoms with van der Waals surface area (Å²) in [5, 5.41) is 9.29. The number of benzene rings is 1. The SMILES string of the molecule is CCCCCCCCCCCCCCCCCCCCCCCC(=O)OCCCc1ccc(O)cc1. The molecule has 0 bridgehead atoms. The molecule has 0 aromatic heterocycles. The van der Waals surface area contributed by atoms with Crippen molar-refractivity contribution in [2.45, 2.75) is 161 Å². The van der Waals surface area contributed by atoms with Gasteiger partial charge in [0.1, 0.15) is 5.75 Å². The van der Waals surface area contributed by atoms with Crippen LogP contribution in [0.4, 0.5) is 0 Å². The van der Waals surface area contributed by atoms with Gasteiger partial charge in [-0.2, -0.15) is 0 Å². The number of aryl methyl sites for hydroxylation is 1. The zero-order valence-electron chi connectivity index (χ0n) is 23.8. The molecular weight excluding hydrogens is 444 g/mol. The molecule has 3 nitrogen and oxygen atoms in total. The second-order valence-electron chi connectivity index (χ2n) is 10.8. The lowest BCUT2D eigenvalue weighted by molar-refractivity contribution is -0.143. The van der Waals surface area contributed by atoms with E-state index < -0.39 is 0 Å². The molecule has 3 heteroatoms. The number of esters is 1. The molecule has 208 valence electrons. The molecule has 0 unspecified atom stereocenters. The highest BCUT2D eigenvalue weighted by Gasteiger charge is 2.03. The maximum Gasteiger partial charge on any atom is 0.305 e. The number of carbonyl (C=O) groups is 1. The lowest BCUT2D eigenvalue weighted by Crippen LogP contribution is -2.06. The topological polar surface area (TPSA) is 46.5 Å². The molecule has 0 aliphatic heterocycles. The fourth-order valence-electron chi connectivity index (χ4n) is 4.90. The first-order valence-electron chi connectivity index (χ1n) is 15.7. The number of carbonyl (C=O) groups excluding carboxylic acids is 1. The number of rotatable bonds is 26. The van der Waals surface area contributed by atoms with Gasteiger partial charge in [0.15, 0.2) is 0 Å². The van der Waals surface area contributed by atoms with Crippen LogP contribution in [0, 0.1) is 0 Å². The summed E-state index contributed by atoms with van der Waals surface area (Å²) in [6.45, 7) is 2.78. The molecule has 1 aromatic carbocycles. The first kappa shape index (κ1) is 32.5. The van der Waals surface area contributed by atoms with Gasteiger partial charge in [-0.05, 0) is 37.0 Å². The fourth-order valence-corrected chi connectivity index (χ4v) is 4.90. The third-order valence-corrected chi connectivity index (χ3v) is 7.29. The predicted molar refractivity (Wildman–Crippen MR) is 155 cm³/mol. The average Bonchev–Trinajstić information content (AvgIpc) is 2.88. The number of unbranched alkanes of at least 4 members (excludes halogenated alkanes) is 20. The molecule has 0 radical (unpaired) electrons. The smallest absolute Gasteiger partial charge is 0.305 e. The lowest BCUT2D eigenvalue weighted by atomic mass is 10.0. The Morgan fingerprint density at radius 3 is 1.39 bits per heavy atom. The van der Waals surface area contributed by atoms with Crippen molar-refractivity contribution in [3.05, 3.63) is 29.8 Å². The van der Waals surface area contributed by atoms with Crippen molar-refractivity contribution in [3.8, 4) is 5.75 Å². The van der Waals surface area contributed by atoms with Gasteiger partial charge in [0.05, 0.1) is 6.61 Å². The Morgan fingerprint density at radius 1 is 0.583 bits per heavy atom. The van der Waals surface area contributed by atoms with Crippen molar-refractivity contribution in [1.82, 2.24) is 0 Å². The molecule has 0 atom stereocenters. The fraction of sp³-hybridized carbons (Fsp3) is 0.788. The standard InChI is InChI=1S/C33H58O3/c1-2-3-4-5-6-7-8-9-10-11-12-13-14-15-16-17-18-19-20-21-22-25-33(35)36-30-23-24-31-26-28-32(34)29-27-31/h26-29,34H,2-25,30H2,1H3. The summed E-state index contributed by atoms with van der Waals surface area (Å²) in [6.07, 6.45) is 31.1. The van der Waals surface area contributed by atoms with Gasteiger partial charge in [0, 0.05) is 6.42 Å². The van der Waals surface area contributed by atoms with E-state index in [2.05, 4.69) is 6.92 Å². The van der Waals surface area contributed by atoms with Gasteiger partial charge in [-0.25, -0.2) is 0 Å².